The first-order chi connectivity index (χ1) is 16.1. The van der Waals surface area contributed by atoms with E-state index in [4.69, 9.17) is 15.7 Å². The summed E-state index contributed by atoms with van der Waals surface area (Å²) >= 11 is 0. The van der Waals surface area contributed by atoms with Gasteiger partial charge in [-0.3, -0.25) is 4.57 Å². The quantitative estimate of drug-likeness (QED) is 0.134. The van der Waals surface area contributed by atoms with Crippen molar-refractivity contribution in [2.24, 2.45) is 0 Å². The number of benzene rings is 3. The number of rotatable bonds is 7. The zero-order valence-corrected chi connectivity index (χ0v) is 19.4. The number of hydrogen-bond acceptors (Lipinski definition) is 3. The maximum atomic E-state index is 14.2. The van der Waals surface area contributed by atoms with E-state index in [1.54, 1.807) is 12.2 Å². The zero-order chi connectivity index (χ0) is 23.3. The highest BCUT2D eigenvalue weighted by atomic mass is 31.2. The SMILES string of the molecule is C#C/C=C\C(OCc1ccc(P2(=O)Oc3ccccc3-c3ccccc32)cc1)=C(/C)CC=C. The lowest BCUT2D eigenvalue weighted by molar-refractivity contribution is 0.207. The van der Waals surface area contributed by atoms with Gasteiger partial charge in [0.15, 0.2) is 0 Å². The molecule has 1 unspecified atom stereocenters. The molecular weight excluding hydrogens is 427 g/mol. The molecule has 3 aromatic rings. The third kappa shape index (κ3) is 4.58. The number of para-hydroxylation sites is 1. The lowest BCUT2D eigenvalue weighted by atomic mass is 10.0. The zero-order valence-electron chi connectivity index (χ0n) is 18.5. The van der Waals surface area contributed by atoms with E-state index >= 15 is 0 Å². The van der Waals surface area contributed by atoms with E-state index < -0.39 is 7.37 Å². The van der Waals surface area contributed by atoms with Gasteiger partial charge in [0.2, 0.25) is 0 Å². The van der Waals surface area contributed by atoms with Gasteiger partial charge in [-0.25, -0.2) is 0 Å². The van der Waals surface area contributed by atoms with E-state index in [0.717, 1.165) is 33.3 Å². The molecule has 4 heteroatoms. The number of hydrogen-bond donors (Lipinski definition) is 0. The molecule has 0 amide bonds. The monoisotopic (exact) mass is 452 g/mol. The van der Waals surface area contributed by atoms with Crippen molar-refractivity contribution in [1.29, 1.82) is 0 Å². The molecule has 0 aromatic heterocycles. The van der Waals surface area contributed by atoms with Crippen LogP contribution in [0.5, 0.6) is 5.75 Å². The van der Waals surface area contributed by atoms with Crippen molar-refractivity contribution in [1.82, 2.24) is 0 Å². The minimum absolute atomic E-state index is 0.365. The van der Waals surface area contributed by atoms with Gasteiger partial charge in [-0.2, -0.15) is 0 Å². The molecule has 0 aliphatic carbocycles. The second-order valence-electron chi connectivity index (χ2n) is 7.75. The van der Waals surface area contributed by atoms with Crippen LogP contribution in [0.2, 0.25) is 0 Å². The van der Waals surface area contributed by atoms with Crippen LogP contribution in [0.1, 0.15) is 18.9 Å². The molecule has 0 spiro atoms. The molecule has 1 atom stereocenters. The van der Waals surface area contributed by atoms with Gasteiger partial charge in [-0.05, 0) is 66.5 Å². The van der Waals surface area contributed by atoms with Crippen molar-refractivity contribution in [3.63, 3.8) is 0 Å². The Morgan fingerprint density at radius 2 is 1.76 bits per heavy atom. The Kier molecular flexibility index (Phi) is 6.68. The normalized spacial score (nSPS) is 17.2. The molecule has 0 fully saturated rings. The molecule has 1 heterocycles. The first-order valence-electron chi connectivity index (χ1n) is 10.7. The van der Waals surface area contributed by atoms with Gasteiger partial charge in [0.1, 0.15) is 18.1 Å². The minimum Gasteiger partial charge on any atom is -0.489 e. The van der Waals surface area contributed by atoms with Crippen LogP contribution in [0.25, 0.3) is 11.1 Å². The lowest BCUT2D eigenvalue weighted by Crippen LogP contribution is -2.25. The van der Waals surface area contributed by atoms with Crippen LogP contribution in [0, 0.1) is 12.3 Å². The predicted molar refractivity (Wildman–Crippen MR) is 136 cm³/mol. The molecule has 0 N–H and O–H groups in total. The molecule has 0 bridgehead atoms. The predicted octanol–water partition coefficient (Wildman–Crippen LogP) is 6.53. The molecule has 0 radical (unpaired) electrons. The Bertz CT molecular complexity index is 1320. The van der Waals surface area contributed by atoms with E-state index in [-0.39, 0.29) is 0 Å². The average Bonchev–Trinajstić information content (AvgIpc) is 2.85. The second kappa shape index (κ2) is 9.82. The van der Waals surface area contributed by atoms with Crippen LogP contribution in [0.15, 0.2) is 109 Å². The van der Waals surface area contributed by atoms with Crippen molar-refractivity contribution in [3.05, 3.63) is 114 Å². The van der Waals surface area contributed by atoms with Crippen molar-refractivity contribution >= 4 is 18.0 Å². The summed E-state index contributed by atoms with van der Waals surface area (Å²) in [7, 11) is -3.28. The van der Waals surface area contributed by atoms with Crippen molar-refractivity contribution in [2.45, 2.75) is 20.0 Å². The van der Waals surface area contributed by atoms with Crippen LogP contribution in [0.4, 0.5) is 0 Å². The van der Waals surface area contributed by atoms with Crippen LogP contribution in [0.3, 0.4) is 0 Å². The Labute approximate surface area is 195 Å². The van der Waals surface area contributed by atoms with E-state index in [9.17, 15) is 4.57 Å². The molecule has 3 nitrogen and oxygen atoms in total. The molecule has 1 aliphatic rings. The number of allylic oxidation sites excluding steroid dienone is 4. The average molecular weight is 452 g/mol. The summed E-state index contributed by atoms with van der Waals surface area (Å²) < 4.78 is 26.3. The van der Waals surface area contributed by atoms with E-state index in [1.165, 1.54) is 0 Å². The van der Waals surface area contributed by atoms with E-state index in [0.29, 0.717) is 24.1 Å². The molecule has 0 saturated heterocycles. The number of fused-ring (bicyclic) bond motifs is 3. The summed E-state index contributed by atoms with van der Waals surface area (Å²) in [6, 6.07) is 23.0. The van der Waals surface area contributed by atoms with Crippen LogP contribution < -0.4 is 15.1 Å². The molecule has 1 aliphatic heterocycles. The molecule has 33 heavy (non-hydrogen) atoms. The largest absolute Gasteiger partial charge is 0.489 e. The van der Waals surface area contributed by atoms with Gasteiger partial charge in [0.05, 0.1) is 10.6 Å². The van der Waals surface area contributed by atoms with Gasteiger partial charge in [-0.1, -0.05) is 60.5 Å². The van der Waals surface area contributed by atoms with Gasteiger partial charge >= 0.3 is 7.37 Å². The Hall–Kier alpha value is -3.73. The van der Waals surface area contributed by atoms with Crippen LogP contribution >= 0.6 is 7.37 Å². The summed E-state index contributed by atoms with van der Waals surface area (Å²) in [5.41, 5.74) is 3.90. The first-order valence-corrected chi connectivity index (χ1v) is 12.3. The summed E-state index contributed by atoms with van der Waals surface area (Å²) in [4.78, 5) is 0. The lowest BCUT2D eigenvalue weighted by Gasteiger charge is -2.28. The number of ether oxygens (including phenoxy) is 1. The van der Waals surface area contributed by atoms with Crippen LogP contribution in [-0.2, 0) is 15.9 Å². The molecule has 4 rings (SSSR count). The molecular formula is C29H25O3P. The van der Waals surface area contributed by atoms with Gasteiger partial charge in [-0.15, -0.1) is 13.0 Å². The smallest absolute Gasteiger partial charge is 0.307 e. The maximum absolute atomic E-state index is 14.2. The fourth-order valence-corrected chi connectivity index (χ4v) is 6.06. The third-order valence-electron chi connectivity index (χ3n) is 5.50. The highest BCUT2D eigenvalue weighted by Crippen LogP contribution is 2.53. The standard InChI is InChI=1S/C29H25O3P/c1-4-6-14-27(22(3)11-5-2)31-21-23-17-19-24(20-18-23)33(30)29-16-10-8-13-26(29)25-12-7-9-15-28(25)32-33/h1,5-10,12-20H,2,11,21H2,3H3/b14-6-,27-22-. The fourth-order valence-electron chi connectivity index (χ4n) is 3.81. The van der Waals surface area contributed by atoms with Gasteiger partial charge in [0, 0.05) is 5.56 Å². The Morgan fingerprint density at radius 3 is 2.48 bits per heavy atom. The Balaban J connectivity index is 1.61. The fraction of sp³-hybridized carbons (Fsp3) is 0.103. The highest BCUT2D eigenvalue weighted by molar-refractivity contribution is 7.75. The van der Waals surface area contributed by atoms with Gasteiger partial charge in [0.25, 0.3) is 0 Å². The summed E-state index contributed by atoms with van der Waals surface area (Å²) in [5, 5.41) is 1.37. The molecule has 164 valence electrons. The molecule has 0 saturated carbocycles. The van der Waals surface area contributed by atoms with Crippen molar-refractivity contribution in [2.75, 3.05) is 0 Å². The summed E-state index contributed by atoms with van der Waals surface area (Å²) in [5.74, 6) is 3.86. The van der Waals surface area contributed by atoms with E-state index in [1.807, 2.05) is 85.8 Å². The third-order valence-corrected chi connectivity index (χ3v) is 7.95. The Morgan fingerprint density at radius 1 is 1.06 bits per heavy atom. The highest BCUT2D eigenvalue weighted by Gasteiger charge is 2.37. The summed E-state index contributed by atoms with van der Waals surface area (Å²) in [6.45, 7) is 6.13. The van der Waals surface area contributed by atoms with Crippen LogP contribution in [-0.4, -0.2) is 0 Å². The minimum atomic E-state index is -3.28. The number of terminal acetylenes is 1. The first kappa shape index (κ1) is 22.5. The second-order valence-corrected chi connectivity index (χ2v) is 10.0. The topological polar surface area (TPSA) is 35.5 Å². The van der Waals surface area contributed by atoms with E-state index in [2.05, 4.69) is 12.5 Å². The maximum Gasteiger partial charge on any atom is 0.307 e. The van der Waals surface area contributed by atoms with Gasteiger partial charge < -0.3 is 9.26 Å². The summed E-state index contributed by atoms with van der Waals surface area (Å²) in [6.07, 6.45) is 11.3. The van der Waals surface area contributed by atoms with Crippen molar-refractivity contribution < 1.29 is 13.8 Å². The molecule has 3 aromatic carbocycles. The van der Waals surface area contributed by atoms with Crippen molar-refractivity contribution in [3.8, 4) is 29.2 Å².